The Hall–Kier alpha value is -0.370. The van der Waals surface area contributed by atoms with Gasteiger partial charge in [0.2, 0.25) is 0 Å². The second kappa shape index (κ2) is 5.30. The fourth-order valence-electron chi connectivity index (χ4n) is 0. The SMILES string of the molecule is C[C@H](N)C(=O)O.O=S(=O)(O)Cl. The number of carboxylic acid groups (broad SMARTS) is 1. The van der Waals surface area contributed by atoms with Gasteiger partial charge in [-0.05, 0) is 6.92 Å². The molecule has 0 heterocycles. The molecule has 0 spiro atoms. The first-order valence-corrected chi connectivity index (χ1v) is 4.56. The van der Waals surface area contributed by atoms with E-state index in [1.165, 1.54) is 6.92 Å². The Kier molecular flexibility index (Phi) is 6.38. The van der Waals surface area contributed by atoms with Crippen LogP contribution < -0.4 is 5.73 Å². The number of hydrogen-bond acceptors (Lipinski definition) is 4. The summed E-state index contributed by atoms with van der Waals surface area (Å²) in [6, 6.07) is -0.731. The summed E-state index contributed by atoms with van der Waals surface area (Å²) in [6.45, 7) is 1.42. The van der Waals surface area contributed by atoms with E-state index in [1.54, 1.807) is 0 Å². The van der Waals surface area contributed by atoms with Crippen molar-refractivity contribution in [3.8, 4) is 0 Å². The maximum Gasteiger partial charge on any atom is 0.353 e. The lowest BCUT2D eigenvalue weighted by Gasteiger charge is -1.90. The molecule has 8 heteroatoms. The topological polar surface area (TPSA) is 118 Å². The van der Waals surface area contributed by atoms with Crippen LogP contribution in [0, 0.1) is 0 Å². The molecule has 4 N–H and O–H groups in total. The van der Waals surface area contributed by atoms with Crippen LogP contribution >= 0.6 is 10.7 Å². The predicted octanol–water partition coefficient (Wildman–Crippen LogP) is -0.554. The van der Waals surface area contributed by atoms with E-state index >= 15 is 0 Å². The summed E-state index contributed by atoms with van der Waals surface area (Å²) in [5.74, 6) is -0.963. The summed E-state index contributed by atoms with van der Waals surface area (Å²) in [7, 11) is -0.137. The minimum Gasteiger partial charge on any atom is -0.480 e. The summed E-state index contributed by atoms with van der Waals surface area (Å²) in [6.07, 6.45) is 0. The van der Waals surface area contributed by atoms with Crippen LogP contribution in [0.2, 0.25) is 0 Å². The van der Waals surface area contributed by atoms with Gasteiger partial charge in [0.1, 0.15) is 6.04 Å². The molecule has 0 aromatic carbocycles. The second-order valence-electron chi connectivity index (χ2n) is 1.54. The van der Waals surface area contributed by atoms with E-state index in [-0.39, 0.29) is 0 Å². The molecule has 6 nitrogen and oxygen atoms in total. The Balaban J connectivity index is 0. The van der Waals surface area contributed by atoms with Gasteiger partial charge >= 0.3 is 15.3 Å². The lowest BCUT2D eigenvalue weighted by Crippen LogP contribution is -2.25. The molecule has 0 fully saturated rings. The van der Waals surface area contributed by atoms with Crippen LogP contribution in [0.25, 0.3) is 0 Å². The highest BCUT2D eigenvalue weighted by Crippen LogP contribution is 1.82. The molecule has 0 saturated heterocycles. The monoisotopic (exact) mass is 205 g/mol. The van der Waals surface area contributed by atoms with Crippen molar-refractivity contribution in [3.63, 3.8) is 0 Å². The molecule has 0 amide bonds. The summed E-state index contributed by atoms with van der Waals surface area (Å²) < 4.78 is 25.2. The van der Waals surface area contributed by atoms with Crippen molar-refractivity contribution in [2.75, 3.05) is 0 Å². The molecule has 11 heavy (non-hydrogen) atoms. The van der Waals surface area contributed by atoms with Crippen LogP contribution in [-0.4, -0.2) is 30.1 Å². The first kappa shape index (κ1) is 13.2. The summed E-state index contributed by atoms with van der Waals surface area (Å²) >= 11 is 0. The van der Waals surface area contributed by atoms with Crippen LogP contribution in [0.15, 0.2) is 0 Å². The van der Waals surface area contributed by atoms with E-state index in [0.29, 0.717) is 0 Å². The van der Waals surface area contributed by atoms with Gasteiger partial charge in [-0.3, -0.25) is 9.35 Å². The normalized spacial score (nSPS) is 12.7. The Labute approximate surface area is 68.2 Å². The first-order valence-electron chi connectivity index (χ1n) is 2.30. The molecule has 0 aromatic rings. The molecule has 0 aromatic heterocycles. The zero-order chi connectivity index (χ0) is 9.65. The Bertz CT molecular complexity index is 202. The highest BCUT2D eigenvalue weighted by Gasteiger charge is 1.99. The fraction of sp³-hybridized carbons (Fsp3) is 0.667. The number of nitrogens with two attached hydrogens (primary N) is 1. The molecule has 0 unspecified atom stereocenters. The molecule has 0 aliphatic heterocycles. The summed E-state index contributed by atoms with van der Waals surface area (Å²) in [4.78, 5) is 9.57. The lowest BCUT2D eigenvalue weighted by molar-refractivity contribution is -0.138. The lowest BCUT2D eigenvalue weighted by atomic mass is 10.4. The molecular weight excluding hydrogens is 198 g/mol. The zero-order valence-corrected chi connectivity index (χ0v) is 7.13. The van der Waals surface area contributed by atoms with Gasteiger partial charge < -0.3 is 10.8 Å². The average Bonchev–Trinajstić information content (AvgIpc) is 1.59. The van der Waals surface area contributed by atoms with Crippen molar-refractivity contribution in [3.05, 3.63) is 0 Å². The fourth-order valence-corrected chi connectivity index (χ4v) is 0. The molecule has 1 atom stereocenters. The van der Waals surface area contributed by atoms with Gasteiger partial charge in [0.25, 0.3) is 0 Å². The van der Waals surface area contributed by atoms with Gasteiger partial charge in [0, 0.05) is 10.7 Å². The number of carboxylic acids is 1. The standard InChI is InChI=1S/C3H7NO2.ClHO3S/c1-2(4)3(5)6;1-5(2,3)4/h2H,4H2,1H3,(H,5,6);(H,2,3,4)/t2-;/m0./s1. The van der Waals surface area contributed by atoms with E-state index in [4.69, 9.17) is 23.8 Å². The maximum absolute atomic E-state index is 9.57. The van der Waals surface area contributed by atoms with E-state index in [9.17, 15) is 4.79 Å². The first-order chi connectivity index (χ1) is 4.64. The molecule has 0 aliphatic carbocycles. The van der Waals surface area contributed by atoms with Crippen molar-refractivity contribution in [2.45, 2.75) is 13.0 Å². The number of aliphatic carboxylic acids is 1. The van der Waals surface area contributed by atoms with Crippen molar-refractivity contribution < 1.29 is 22.9 Å². The highest BCUT2D eigenvalue weighted by molar-refractivity contribution is 8.09. The Morgan fingerprint density at radius 3 is 1.73 bits per heavy atom. The average molecular weight is 206 g/mol. The van der Waals surface area contributed by atoms with Gasteiger partial charge in [-0.2, -0.15) is 8.42 Å². The smallest absolute Gasteiger partial charge is 0.353 e. The quantitative estimate of drug-likeness (QED) is 0.390. The molecule has 0 rings (SSSR count). The third-order valence-corrected chi connectivity index (χ3v) is 0.390. The number of carbonyl (C=O) groups is 1. The number of hydrogen-bond donors (Lipinski definition) is 3. The Morgan fingerprint density at radius 1 is 1.64 bits per heavy atom. The third-order valence-electron chi connectivity index (χ3n) is 0.390. The third kappa shape index (κ3) is 42.5. The number of rotatable bonds is 1. The van der Waals surface area contributed by atoms with Crippen molar-refractivity contribution >= 4 is 26.0 Å². The van der Waals surface area contributed by atoms with E-state index in [0.717, 1.165) is 0 Å². The van der Waals surface area contributed by atoms with E-state index in [1.807, 2.05) is 0 Å². The molecule has 68 valence electrons. The minimum atomic E-state index is -4.19. The van der Waals surface area contributed by atoms with E-state index < -0.39 is 21.3 Å². The highest BCUT2D eigenvalue weighted by atomic mass is 35.7. The Morgan fingerprint density at radius 2 is 1.73 bits per heavy atom. The summed E-state index contributed by atoms with van der Waals surface area (Å²) in [5, 5.41) is 7.87. The number of halogens is 1. The maximum atomic E-state index is 9.57. The largest absolute Gasteiger partial charge is 0.480 e. The van der Waals surface area contributed by atoms with Gasteiger partial charge in [0.05, 0.1) is 0 Å². The van der Waals surface area contributed by atoms with Gasteiger partial charge in [-0.15, -0.1) is 0 Å². The van der Waals surface area contributed by atoms with E-state index in [2.05, 4.69) is 10.7 Å². The van der Waals surface area contributed by atoms with Crippen molar-refractivity contribution in [1.29, 1.82) is 0 Å². The second-order valence-corrected chi connectivity index (χ2v) is 3.53. The summed E-state index contributed by atoms with van der Waals surface area (Å²) in [5.41, 5.74) is 4.84. The zero-order valence-electron chi connectivity index (χ0n) is 5.56. The van der Waals surface area contributed by atoms with Gasteiger partial charge in [-0.1, -0.05) is 0 Å². The van der Waals surface area contributed by atoms with Crippen molar-refractivity contribution in [2.24, 2.45) is 5.73 Å². The van der Waals surface area contributed by atoms with Crippen LogP contribution in [0.5, 0.6) is 0 Å². The van der Waals surface area contributed by atoms with Crippen molar-refractivity contribution in [1.82, 2.24) is 0 Å². The molecular formula is C3H8ClNO5S. The predicted molar refractivity (Wildman–Crippen MR) is 38.7 cm³/mol. The van der Waals surface area contributed by atoms with Gasteiger partial charge in [0.15, 0.2) is 0 Å². The molecule has 0 radical (unpaired) electrons. The minimum absolute atomic E-state index is 0.731. The van der Waals surface area contributed by atoms with Crippen LogP contribution in [-0.2, 0) is 14.1 Å². The van der Waals surface area contributed by atoms with Crippen LogP contribution in [0.4, 0.5) is 0 Å². The van der Waals surface area contributed by atoms with Crippen LogP contribution in [0.3, 0.4) is 0 Å². The molecule has 0 saturated carbocycles. The molecule has 0 aliphatic rings. The van der Waals surface area contributed by atoms with Gasteiger partial charge in [-0.25, -0.2) is 0 Å². The van der Waals surface area contributed by atoms with Crippen LogP contribution in [0.1, 0.15) is 6.92 Å². The molecule has 0 bridgehead atoms.